The van der Waals surface area contributed by atoms with Crippen LogP contribution >= 0.6 is 11.6 Å². The Morgan fingerprint density at radius 2 is 2.00 bits per heavy atom. The molecule has 0 fully saturated rings. The summed E-state index contributed by atoms with van der Waals surface area (Å²) in [6, 6.07) is 10.1. The second-order valence-corrected chi connectivity index (χ2v) is 7.18. The van der Waals surface area contributed by atoms with E-state index in [-0.39, 0.29) is 30.7 Å². The molecule has 0 unspecified atom stereocenters. The lowest BCUT2D eigenvalue weighted by molar-refractivity contribution is -0.133. The average molecular weight is 431 g/mol. The third-order valence-electron chi connectivity index (χ3n) is 4.41. The molecule has 0 spiro atoms. The standard InChI is InChI=1S/C21H23ClN4O4/c1-3-10-26(13-19-24-25-21(30-19)18-9-6-11-29-18)20(28)12-17(23-14(2)27)15-7-4-5-8-16(15)22/h4-9,11,17H,3,10,12-13H2,1-2H3,(H,23,27)/t17-/m0/s1. The van der Waals surface area contributed by atoms with Crippen molar-refractivity contribution in [2.24, 2.45) is 0 Å². The number of aromatic nitrogens is 2. The predicted molar refractivity (Wildman–Crippen MR) is 110 cm³/mol. The molecular formula is C21H23ClN4O4. The Morgan fingerprint density at radius 1 is 1.20 bits per heavy atom. The van der Waals surface area contributed by atoms with Crippen molar-refractivity contribution in [3.8, 4) is 11.7 Å². The first-order valence-corrected chi connectivity index (χ1v) is 10.0. The number of amides is 2. The molecule has 0 bridgehead atoms. The number of carbonyl (C=O) groups excluding carboxylic acids is 2. The number of hydrogen-bond donors (Lipinski definition) is 1. The number of nitrogens with zero attached hydrogens (tertiary/aromatic N) is 3. The second-order valence-electron chi connectivity index (χ2n) is 6.77. The number of hydrogen-bond acceptors (Lipinski definition) is 6. The van der Waals surface area contributed by atoms with Crippen LogP contribution in [-0.4, -0.2) is 33.5 Å². The van der Waals surface area contributed by atoms with Crippen molar-refractivity contribution in [3.63, 3.8) is 0 Å². The van der Waals surface area contributed by atoms with E-state index in [0.29, 0.717) is 28.8 Å². The van der Waals surface area contributed by atoms with Crippen molar-refractivity contribution in [3.05, 3.63) is 59.1 Å². The molecule has 0 aliphatic carbocycles. The van der Waals surface area contributed by atoms with E-state index in [2.05, 4.69) is 15.5 Å². The Bertz CT molecular complexity index is 987. The Morgan fingerprint density at radius 3 is 2.67 bits per heavy atom. The molecular weight excluding hydrogens is 408 g/mol. The summed E-state index contributed by atoms with van der Waals surface area (Å²) in [5, 5.41) is 11.3. The summed E-state index contributed by atoms with van der Waals surface area (Å²) in [6.07, 6.45) is 2.33. The summed E-state index contributed by atoms with van der Waals surface area (Å²) < 4.78 is 10.9. The first-order valence-electron chi connectivity index (χ1n) is 9.63. The first kappa shape index (κ1) is 21.6. The lowest BCUT2D eigenvalue weighted by Crippen LogP contribution is -2.36. The molecule has 0 aliphatic heterocycles. The van der Waals surface area contributed by atoms with Crippen molar-refractivity contribution in [2.75, 3.05) is 6.54 Å². The number of benzene rings is 1. The molecule has 2 amide bonds. The van der Waals surface area contributed by atoms with Crippen molar-refractivity contribution < 1.29 is 18.4 Å². The van der Waals surface area contributed by atoms with Gasteiger partial charge in [0.25, 0.3) is 5.89 Å². The summed E-state index contributed by atoms with van der Waals surface area (Å²) in [5.74, 6) is 0.623. The van der Waals surface area contributed by atoms with Crippen LogP contribution in [0.3, 0.4) is 0 Å². The summed E-state index contributed by atoms with van der Waals surface area (Å²) in [7, 11) is 0. The van der Waals surface area contributed by atoms with E-state index in [4.69, 9.17) is 20.4 Å². The SMILES string of the molecule is CCCN(Cc1nnc(-c2ccco2)o1)C(=O)C[C@H](NC(C)=O)c1ccccc1Cl. The van der Waals surface area contributed by atoms with Crippen molar-refractivity contribution in [1.29, 1.82) is 0 Å². The van der Waals surface area contributed by atoms with Gasteiger partial charge in [0, 0.05) is 18.5 Å². The van der Waals surface area contributed by atoms with E-state index >= 15 is 0 Å². The summed E-state index contributed by atoms with van der Waals surface area (Å²) in [6.45, 7) is 4.05. The lowest BCUT2D eigenvalue weighted by Gasteiger charge is -2.25. The molecule has 9 heteroatoms. The second kappa shape index (κ2) is 10.1. The van der Waals surface area contributed by atoms with Gasteiger partial charge in [0.15, 0.2) is 5.76 Å². The van der Waals surface area contributed by atoms with E-state index < -0.39 is 6.04 Å². The Balaban J connectivity index is 1.75. The Labute approximate surface area is 179 Å². The van der Waals surface area contributed by atoms with Crippen LogP contribution in [-0.2, 0) is 16.1 Å². The van der Waals surface area contributed by atoms with Gasteiger partial charge in [0.2, 0.25) is 17.7 Å². The third-order valence-corrected chi connectivity index (χ3v) is 4.75. The van der Waals surface area contributed by atoms with Crippen LogP contribution in [0.5, 0.6) is 0 Å². The molecule has 3 rings (SSSR count). The maximum atomic E-state index is 13.1. The van der Waals surface area contributed by atoms with E-state index in [1.165, 1.54) is 13.2 Å². The van der Waals surface area contributed by atoms with Gasteiger partial charge in [0.1, 0.15) is 0 Å². The average Bonchev–Trinajstić information content (AvgIpc) is 3.39. The molecule has 0 aliphatic rings. The van der Waals surface area contributed by atoms with Crippen LogP contribution in [0.15, 0.2) is 51.5 Å². The number of furan rings is 1. The molecule has 2 heterocycles. The van der Waals surface area contributed by atoms with E-state index in [1.54, 1.807) is 35.2 Å². The first-order chi connectivity index (χ1) is 14.5. The van der Waals surface area contributed by atoms with Crippen LogP contribution in [0.2, 0.25) is 5.02 Å². The third kappa shape index (κ3) is 5.48. The zero-order valence-corrected chi connectivity index (χ0v) is 17.6. The minimum absolute atomic E-state index is 0.0580. The molecule has 30 heavy (non-hydrogen) atoms. The molecule has 0 saturated heterocycles. The lowest BCUT2D eigenvalue weighted by atomic mass is 10.0. The van der Waals surface area contributed by atoms with Gasteiger partial charge in [-0.1, -0.05) is 36.7 Å². The maximum absolute atomic E-state index is 13.1. The minimum Gasteiger partial charge on any atom is -0.459 e. The molecule has 8 nitrogen and oxygen atoms in total. The largest absolute Gasteiger partial charge is 0.459 e. The summed E-state index contributed by atoms with van der Waals surface area (Å²) in [4.78, 5) is 26.4. The van der Waals surface area contributed by atoms with Gasteiger partial charge in [-0.3, -0.25) is 9.59 Å². The number of nitrogens with one attached hydrogen (secondary N) is 1. The van der Waals surface area contributed by atoms with Gasteiger partial charge in [-0.05, 0) is 30.2 Å². The Hall–Kier alpha value is -3.13. The fourth-order valence-corrected chi connectivity index (χ4v) is 3.36. The molecule has 2 aromatic heterocycles. The van der Waals surface area contributed by atoms with Gasteiger partial charge in [-0.25, -0.2) is 0 Å². The Kier molecular flexibility index (Phi) is 7.24. The fraction of sp³-hybridized carbons (Fsp3) is 0.333. The quantitative estimate of drug-likeness (QED) is 0.550. The van der Waals surface area contributed by atoms with E-state index in [1.807, 2.05) is 13.0 Å². The molecule has 1 aromatic carbocycles. The van der Waals surface area contributed by atoms with Crippen LogP contribution < -0.4 is 5.32 Å². The zero-order chi connectivity index (χ0) is 21.5. The molecule has 0 radical (unpaired) electrons. The van der Waals surface area contributed by atoms with Crippen molar-refractivity contribution in [1.82, 2.24) is 20.4 Å². The van der Waals surface area contributed by atoms with Crippen LogP contribution in [0.4, 0.5) is 0 Å². The van der Waals surface area contributed by atoms with E-state index in [9.17, 15) is 9.59 Å². The van der Waals surface area contributed by atoms with Crippen LogP contribution in [0, 0.1) is 0 Å². The highest BCUT2D eigenvalue weighted by Crippen LogP contribution is 2.26. The van der Waals surface area contributed by atoms with Gasteiger partial charge >= 0.3 is 0 Å². The van der Waals surface area contributed by atoms with Gasteiger partial charge in [0.05, 0.1) is 25.3 Å². The highest BCUT2D eigenvalue weighted by atomic mass is 35.5. The van der Waals surface area contributed by atoms with Crippen molar-refractivity contribution in [2.45, 2.75) is 39.3 Å². The van der Waals surface area contributed by atoms with Gasteiger partial charge in [-0.2, -0.15) is 0 Å². The molecule has 3 aromatic rings. The smallest absolute Gasteiger partial charge is 0.283 e. The highest BCUT2D eigenvalue weighted by Gasteiger charge is 2.24. The molecule has 1 N–H and O–H groups in total. The normalized spacial score (nSPS) is 11.8. The monoisotopic (exact) mass is 430 g/mol. The molecule has 158 valence electrons. The number of carbonyl (C=O) groups is 2. The zero-order valence-electron chi connectivity index (χ0n) is 16.8. The van der Waals surface area contributed by atoms with Gasteiger partial charge < -0.3 is 19.1 Å². The van der Waals surface area contributed by atoms with E-state index in [0.717, 1.165) is 6.42 Å². The number of rotatable bonds is 9. The summed E-state index contributed by atoms with van der Waals surface area (Å²) in [5.41, 5.74) is 0.692. The predicted octanol–water partition coefficient (Wildman–Crippen LogP) is 3.99. The maximum Gasteiger partial charge on any atom is 0.283 e. The molecule has 1 atom stereocenters. The minimum atomic E-state index is -0.538. The van der Waals surface area contributed by atoms with Gasteiger partial charge in [-0.15, -0.1) is 10.2 Å². The summed E-state index contributed by atoms with van der Waals surface area (Å²) >= 11 is 6.29. The topological polar surface area (TPSA) is 101 Å². The highest BCUT2D eigenvalue weighted by molar-refractivity contribution is 6.31. The molecule has 0 saturated carbocycles. The van der Waals surface area contributed by atoms with Crippen molar-refractivity contribution >= 4 is 23.4 Å². The van der Waals surface area contributed by atoms with Crippen LogP contribution in [0.25, 0.3) is 11.7 Å². The van der Waals surface area contributed by atoms with Crippen LogP contribution in [0.1, 0.15) is 44.2 Å². The number of halogens is 1. The fourth-order valence-electron chi connectivity index (χ4n) is 3.09.